The Hall–Kier alpha value is -5.18. The number of benzene rings is 8. The molecule has 0 saturated heterocycles. The van der Waals surface area contributed by atoms with Gasteiger partial charge in [0.25, 0.3) is 0 Å². The smallest absolute Gasteiger partial charge is 0.0554 e. The molecule has 0 spiro atoms. The summed E-state index contributed by atoms with van der Waals surface area (Å²) < 4.78 is 2.64. The highest BCUT2D eigenvalue weighted by atomic mass is 32.1. The fraction of sp³-hybridized carbons (Fsp3) is 0.130. The maximum absolute atomic E-state index is 2.47. The van der Waals surface area contributed by atoms with Crippen LogP contribution in [0.3, 0.4) is 0 Å². The van der Waals surface area contributed by atoms with Gasteiger partial charge in [-0.3, -0.25) is 0 Å². The minimum atomic E-state index is 0.485. The molecule has 0 radical (unpaired) electrons. The number of hydrogen-bond donors (Lipinski definition) is 0. The Balaban J connectivity index is 1.35. The summed E-state index contributed by atoms with van der Waals surface area (Å²) in [7, 11) is 0. The van der Waals surface area contributed by atoms with Gasteiger partial charge in [-0.1, -0.05) is 125 Å². The Labute approximate surface area is 285 Å². The van der Waals surface area contributed by atoms with E-state index in [1.807, 2.05) is 11.3 Å². The van der Waals surface area contributed by atoms with Gasteiger partial charge in [0.1, 0.15) is 0 Å². The van der Waals surface area contributed by atoms with Gasteiger partial charge >= 0.3 is 0 Å². The van der Waals surface area contributed by atoms with Crippen LogP contribution in [0.15, 0.2) is 140 Å². The lowest BCUT2D eigenvalue weighted by atomic mass is 9.93. The van der Waals surface area contributed by atoms with Gasteiger partial charge in [0, 0.05) is 36.9 Å². The maximum Gasteiger partial charge on any atom is 0.0554 e. The van der Waals surface area contributed by atoms with E-state index in [1.54, 1.807) is 0 Å². The monoisotopic (exact) mass is 635 g/mol. The molecule has 0 N–H and O–H groups in total. The zero-order valence-corrected chi connectivity index (χ0v) is 28.6. The van der Waals surface area contributed by atoms with E-state index in [1.165, 1.54) is 91.5 Å². The first-order valence-electron chi connectivity index (χ1n) is 17.1. The quantitative estimate of drug-likeness (QED) is 0.170. The zero-order chi connectivity index (χ0) is 32.5. The molecule has 8 aromatic carbocycles. The van der Waals surface area contributed by atoms with E-state index in [-0.39, 0.29) is 0 Å². The van der Waals surface area contributed by atoms with Crippen LogP contribution >= 0.6 is 11.3 Å². The minimum absolute atomic E-state index is 0.485. The van der Waals surface area contributed by atoms with Gasteiger partial charge in [0.15, 0.2) is 0 Å². The van der Waals surface area contributed by atoms with Gasteiger partial charge in [0.2, 0.25) is 0 Å². The molecule has 0 atom stereocenters. The van der Waals surface area contributed by atoms with Crippen molar-refractivity contribution in [1.82, 2.24) is 0 Å². The number of thiophene rings is 1. The first kappa shape index (κ1) is 29.0. The molecule has 0 unspecified atom stereocenters. The third-order valence-electron chi connectivity index (χ3n) is 10.2. The summed E-state index contributed by atoms with van der Waals surface area (Å²) in [6, 6.07) is 52.4. The third-order valence-corrected chi connectivity index (χ3v) is 11.3. The molecule has 0 aliphatic rings. The fourth-order valence-electron chi connectivity index (χ4n) is 7.65. The molecule has 0 saturated carbocycles. The number of fused-ring (bicyclic) bond motifs is 11. The predicted molar refractivity (Wildman–Crippen MR) is 212 cm³/mol. The van der Waals surface area contributed by atoms with Crippen LogP contribution in [-0.2, 0) is 0 Å². The van der Waals surface area contributed by atoms with Crippen molar-refractivity contribution in [3.05, 3.63) is 151 Å². The molecule has 0 fully saturated rings. The van der Waals surface area contributed by atoms with Gasteiger partial charge in [-0.05, 0) is 103 Å². The second-order valence-corrected chi connectivity index (χ2v) is 14.8. The van der Waals surface area contributed by atoms with Crippen LogP contribution in [0.4, 0.5) is 17.1 Å². The molecule has 232 valence electrons. The molecular weight excluding hydrogens is 599 g/mol. The van der Waals surface area contributed by atoms with Crippen molar-refractivity contribution in [3.63, 3.8) is 0 Å². The first-order chi connectivity index (χ1) is 23.5. The highest BCUT2D eigenvalue weighted by Gasteiger charge is 2.21. The summed E-state index contributed by atoms with van der Waals surface area (Å²) in [5.74, 6) is 0.969. The summed E-state index contributed by atoms with van der Waals surface area (Å²) in [5.41, 5.74) is 6.26. The second kappa shape index (κ2) is 11.2. The highest BCUT2D eigenvalue weighted by molar-refractivity contribution is 7.26. The minimum Gasteiger partial charge on any atom is -0.310 e. The van der Waals surface area contributed by atoms with Crippen LogP contribution in [0.25, 0.3) is 63.3 Å². The van der Waals surface area contributed by atoms with E-state index in [0.717, 1.165) is 0 Å². The standard InChI is InChI=1S/C46H37NS/c1-28(2)30-17-21-32(22-18-30)47(33-23-19-31(20-24-33)29(3)4)43-27-45-46(39-16-10-9-15-38(39)43)42-25-40-36-13-7-5-11-34(36)35-12-6-8-14-37(35)41(40)26-44(42)48-45/h5-29H,1-4H3. The van der Waals surface area contributed by atoms with E-state index in [2.05, 4.69) is 172 Å². The molecule has 9 aromatic rings. The molecular formula is C46H37NS. The zero-order valence-electron chi connectivity index (χ0n) is 27.8. The molecule has 1 aromatic heterocycles. The van der Waals surface area contributed by atoms with Crippen LogP contribution in [0, 0.1) is 0 Å². The molecule has 9 rings (SSSR count). The van der Waals surface area contributed by atoms with Crippen molar-refractivity contribution < 1.29 is 0 Å². The molecule has 1 heterocycles. The van der Waals surface area contributed by atoms with Gasteiger partial charge in [-0.25, -0.2) is 0 Å². The van der Waals surface area contributed by atoms with Crippen LogP contribution in [0.1, 0.15) is 50.7 Å². The summed E-state index contributed by atoms with van der Waals surface area (Å²) in [6.07, 6.45) is 0. The lowest BCUT2D eigenvalue weighted by molar-refractivity contribution is 0.866. The Kier molecular flexibility index (Phi) is 6.78. The maximum atomic E-state index is 2.47. The van der Waals surface area contributed by atoms with Crippen molar-refractivity contribution in [1.29, 1.82) is 0 Å². The van der Waals surface area contributed by atoms with Gasteiger partial charge in [0.05, 0.1) is 5.69 Å². The van der Waals surface area contributed by atoms with E-state index < -0.39 is 0 Å². The van der Waals surface area contributed by atoms with Crippen molar-refractivity contribution in [2.24, 2.45) is 0 Å². The van der Waals surface area contributed by atoms with Gasteiger partial charge in [-0.2, -0.15) is 0 Å². The lowest BCUT2D eigenvalue weighted by Gasteiger charge is -2.28. The van der Waals surface area contributed by atoms with E-state index in [0.29, 0.717) is 11.8 Å². The fourth-order valence-corrected chi connectivity index (χ4v) is 8.83. The summed E-state index contributed by atoms with van der Waals surface area (Å²) in [4.78, 5) is 2.46. The molecule has 0 bridgehead atoms. The lowest BCUT2D eigenvalue weighted by Crippen LogP contribution is -2.11. The van der Waals surface area contributed by atoms with Crippen molar-refractivity contribution in [2.75, 3.05) is 4.90 Å². The number of hydrogen-bond acceptors (Lipinski definition) is 2. The van der Waals surface area contributed by atoms with E-state index >= 15 is 0 Å². The summed E-state index contributed by atoms with van der Waals surface area (Å²) in [6.45, 7) is 9.04. The topological polar surface area (TPSA) is 3.24 Å². The van der Waals surface area contributed by atoms with Gasteiger partial charge in [-0.15, -0.1) is 11.3 Å². The second-order valence-electron chi connectivity index (χ2n) is 13.7. The van der Waals surface area contributed by atoms with Gasteiger partial charge < -0.3 is 4.90 Å². The highest BCUT2D eigenvalue weighted by Crippen LogP contribution is 2.48. The summed E-state index contributed by atoms with van der Waals surface area (Å²) >= 11 is 1.91. The molecule has 0 aliphatic carbocycles. The Morgan fingerprint density at radius 2 is 0.833 bits per heavy atom. The van der Waals surface area contributed by atoms with Crippen LogP contribution < -0.4 is 4.90 Å². The molecule has 0 amide bonds. The number of nitrogens with zero attached hydrogens (tertiary/aromatic N) is 1. The SMILES string of the molecule is CC(C)c1ccc(N(c2ccc(C(C)C)cc2)c2cc3sc4cc5c6ccccc6c6ccccc6c5cc4c3c3ccccc23)cc1. The largest absolute Gasteiger partial charge is 0.310 e. The van der Waals surface area contributed by atoms with E-state index in [9.17, 15) is 0 Å². The van der Waals surface area contributed by atoms with Crippen molar-refractivity contribution in [2.45, 2.75) is 39.5 Å². The summed E-state index contributed by atoms with van der Waals surface area (Å²) in [5, 5.41) is 13.1. The van der Waals surface area contributed by atoms with Crippen molar-refractivity contribution in [3.8, 4) is 0 Å². The van der Waals surface area contributed by atoms with Crippen molar-refractivity contribution >= 4 is 91.7 Å². The Morgan fingerprint density at radius 3 is 1.33 bits per heavy atom. The molecule has 48 heavy (non-hydrogen) atoms. The first-order valence-corrected chi connectivity index (χ1v) is 17.9. The number of anilines is 3. The predicted octanol–water partition coefficient (Wildman–Crippen LogP) is 14.4. The Bertz CT molecular complexity index is 2610. The molecule has 2 heteroatoms. The Morgan fingerprint density at radius 1 is 0.396 bits per heavy atom. The molecule has 1 nitrogen and oxygen atoms in total. The van der Waals surface area contributed by atoms with Crippen LogP contribution in [0.2, 0.25) is 0 Å². The number of rotatable bonds is 5. The third kappa shape index (κ3) is 4.51. The molecule has 0 aliphatic heterocycles. The normalized spacial score (nSPS) is 12.1. The van der Waals surface area contributed by atoms with Crippen LogP contribution in [0.5, 0.6) is 0 Å². The average Bonchev–Trinajstić information content (AvgIpc) is 3.49. The average molecular weight is 636 g/mol. The van der Waals surface area contributed by atoms with Crippen LogP contribution in [-0.4, -0.2) is 0 Å². The van der Waals surface area contributed by atoms with E-state index in [4.69, 9.17) is 0 Å².